The summed E-state index contributed by atoms with van der Waals surface area (Å²) in [5.41, 5.74) is 1.56. The van der Waals surface area contributed by atoms with Crippen LogP contribution in [0.25, 0.3) is 11.5 Å². The molecule has 2 heterocycles. The van der Waals surface area contributed by atoms with Gasteiger partial charge < -0.3 is 14.5 Å². The van der Waals surface area contributed by atoms with E-state index in [9.17, 15) is 10.1 Å². The highest BCUT2D eigenvalue weighted by Crippen LogP contribution is 2.25. The molecule has 8 heteroatoms. The molecule has 0 atom stereocenters. The smallest absolute Gasteiger partial charge is 0.404 e. The molecule has 0 aliphatic heterocycles. The topological polar surface area (TPSA) is 87.0 Å². The first-order chi connectivity index (χ1) is 10.5. The van der Waals surface area contributed by atoms with Crippen molar-refractivity contribution in [3.63, 3.8) is 0 Å². The fourth-order valence-corrected chi connectivity index (χ4v) is 2.48. The van der Waals surface area contributed by atoms with Gasteiger partial charge in [-0.05, 0) is 39.9 Å². The Hall–Kier alpha value is -2.48. The number of oxazole rings is 1. The molecular weight excluding hydrogens is 352 g/mol. The average Bonchev–Trinajstić information content (AvgIpc) is 3.04. The van der Waals surface area contributed by atoms with Gasteiger partial charge in [-0.2, -0.15) is 4.68 Å². The third-order valence-corrected chi connectivity index (χ3v) is 3.66. The van der Waals surface area contributed by atoms with Crippen LogP contribution >= 0.6 is 15.9 Å². The molecule has 0 radical (unpaired) electrons. The van der Waals surface area contributed by atoms with E-state index >= 15 is 0 Å². The fraction of sp³-hybridized carbons (Fsp3) is 0.143. The van der Waals surface area contributed by atoms with Crippen LogP contribution in [-0.4, -0.2) is 19.7 Å². The summed E-state index contributed by atoms with van der Waals surface area (Å²) < 4.78 is 7.45. The SMILES string of the molecule is Cc1oc(-c2ccccc2)nc1Cn1cc(Br)c([N+](=O)[O-])n1. The lowest BCUT2D eigenvalue weighted by molar-refractivity contribution is -0.390. The number of aryl methyl sites for hydroxylation is 1. The average molecular weight is 363 g/mol. The van der Waals surface area contributed by atoms with E-state index in [2.05, 4.69) is 26.0 Å². The van der Waals surface area contributed by atoms with Crippen molar-refractivity contribution in [2.75, 3.05) is 0 Å². The van der Waals surface area contributed by atoms with E-state index in [-0.39, 0.29) is 5.82 Å². The predicted octanol–water partition coefficient (Wildman–Crippen LogP) is 3.57. The molecule has 2 aromatic heterocycles. The zero-order valence-corrected chi connectivity index (χ0v) is 13.1. The Kier molecular flexibility index (Phi) is 3.76. The van der Waals surface area contributed by atoms with E-state index in [0.29, 0.717) is 28.4 Å². The van der Waals surface area contributed by atoms with E-state index in [0.717, 1.165) is 5.56 Å². The largest absolute Gasteiger partial charge is 0.441 e. The maximum absolute atomic E-state index is 10.8. The maximum Gasteiger partial charge on any atom is 0.404 e. The van der Waals surface area contributed by atoms with Crippen LogP contribution in [0.4, 0.5) is 5.82 Å². The van der Waals surface area contributed by atoms with Crippen molar-refractivity contribution in [3.05, 3.63) is 62.6 Å². The van der Waals surface area contributed by atoms with Crippen molar-refractivity contribution in [2.45, 2.75) is 13.5 Å². The highest BCUT2D eigenvalue weighted by atomic mass is 79.9. The minimum Gasteiger partial charge on any atom is -0.441 e. The van der Waals surface area contributed by atoms with Crippen LogP contribution < -0.4 is 0 Å². The third-order valence-electron chi connectivity index (χ3n) is 3.10. The van der Waals surface area contributed by atoms with Crippen molar-refractivity contribution >= 4 is 21.7 Å². The normalized spacial score (nSPS) is 10.8. The van der Waals surface area contributed by atoms with Crippen molar-refractivity contribution < 1.29 is 9.34 Å². The first kappa shape index (κ1) is 14.5. The van der Waals surface area contributed by atoms with Crippen LogP contribution in [0.15, 0.2) is 45.4 Å². The van der Waals surface area contributed by atoms with Gasteiger partial charge in [0.1, 0.15) is 22.5 Å². The molecule has 0 aliphatic rings. The summed E-state index contributed by atoms with van der Waals surface area (Å²) in [6, 6.07) is 9.54. The van der Waals surface area contributed by atoms with Gasteiger partial charge in [-0.3, -0.25) is 0 Å². The predicted molar refractivity (Wildman–Crippen MR) is 82.4 cm³/mol. The quantitative estimate of drug-likeness (QED) is 0.522. The van der Waals surface area contributed by atoms with Crippen molar-refractivity contribution in [1.82, 2.24) is 14.8 Å². The van der Waals surface area contributed by atoms with Crippen LogP contribution in [0.3, 0.4) is 0 Å². The zero-order valence-electron chi connectivity index (χ0n) is 11.6. The van der Waals surface area contributed by atoms with Crippen LogP contribution in [0.5, 0.6) is 0 Å². The summed E-state index contributed by atoms with van der Waals surface area (Å²) in [4.78, 5) is 14.7. The Morgan fingerprint density at radius 1 is 1.36 bits per heavy atom. The minimum atomic E-state index is -0.536. The Bertz CT molecular complexity index is 826. The molecule has 0 fully saturated rings. The maximum atomic E-state index is 10.8. The summed E-state index contributed by atoms with van der Waals surface area (Å²) in [6.07, 6.45) is 1.55. The number of aromatic nitrogens is 3. The van der Waals surface area contributed by atoms with Gasteiger partial charge in [0.25, 0.3) is 0 Å². The molecule has 0 saturated carbocycles. The molecule has 0 aliphatic carbocycles. The number of hydrogen-bond donors (Lipinski definition) is 0. The lowest BCUT2D eigenvalue weighted by atomic mass is 10.2. The second kappa shape index (κ2) is 5.72. The van der Waals surface area contributed by atoms with Gasteiger partial charge in [0.2, 0.25) is 5.89 Å². The molecule has 0 N–H and O–H groups in total. The second-order valence-electron chi connectivity index (χ2n) is 4.64. The van der Waals surface area contributed by atoms with Gasteiger partial charge in [-0.1, -0.05) is 18.2 Å². The first-order valence-corrected chi connectivity index (χ1v) is 7.23. The molecule has 7 nitrogen and oxygen atoms in total. The Labute approximate surface area is 133 Å². The summed E-state index contributed by atoms with van der Waals surface area (Å²) in [5, 5.41) is 14.7. The van der Waals surface area contributed by atoms with Gasteiger partial charge in [0, 0.05) is 5.56 Å². The van der Waals surface area contributed by atoms with Crippen molar-refractivity contribution in [3.8, 4) is 11.5 Å². The first-order valence-electron chi connectivity index (χ1n) is 6.43. The number of hydrogen-bond acceptors (Lipinski definition) is 5. The summed E-state index contributed by atoms with van der Waals surface area (Å²) >= 11 is 3.12. The van der Waals surface area contributed by atoms with Crippen molar-refractivity contribution in [1.29, 1.82) is 0 Å². The monoisotopic (exact) mass is 362 g/mol. The molecule has 3 aromatic rings. The lowest BCUT2D eigenvalue weighted by Gasteiger charge is -1.93. The highest BCUT2D eigenvalue weighted by molar-refractivity contribution is 9.10. The fourth-order valence-electron chi connectivity index (χ4n) is 2.02. The summed E-state index contributed by atoms with van der Waals surface area (Å²) in [6.45, 7) is 2.11. The standard InChI is InChI=1S/C14H11BrN4O3/c1-9-12(8-18-7-11(15)13(17-18)19(20)21)16-14(22-9)10-5-3-2-4-6-10/h2-7H,8H2,1H3. The number of rotatable bonds is 4. The number of benzene rings is 1. The van der Waals surface area contributed by atoms with E-state index < -0.39 is 4.92 Å². The van der Waals surface area contributed by atoms with E-state index in [4.69, 9.17) is 4.42 Å². The van der Waals surface area contributed by atoms with E-state index in [1.807, 2.05) is 37.3 Å². The highest BCUT2D eigenvalue weighted by Gasteiger charge is 2.20. The van der Waals surface area contributed by atoms with Crippen LogP contribution in [0.1, 0.15) is 11.5 Å². The van der Waals surface area contributed by atoms with E-state index in [1.54, 1.807) is 6.20 Å². The number of nitrogens with zero attached hydrogens (tertiary/aromatic N) is 4. The Balaban J connectivity index is 1.89. The van der Waals surface area contributed by atoms with E-state index in [1.165, 1.54) is 4.68 Å². The molecule has 112 valence electrons. The van der Waals surface area contributed by atoms with Crippen LogP contribution in [0, 0.1) is 17.0 Å². The van der Waals surface area contributed by atoms with Gasteiger partial charge in [0.05, 0.1) is 11.3 Å². The zero-order chi connectivity index (χ0) is 15.7. The summed E-state index contributed by atoms with van der Waals surface area (Å²) in [7, 11) is 0. The van der Waals surface area contributed by atoms with Gasteiger partial charge in [-0.25, -0.2) is 4.98 Å². The van der Waals surface area contributed by atoms with Crippen molar-refractivity contribution in [2.24, 2.45) is 0 Å². The van der Waals surface area contributed by atoms with Gasteiger partial charge in [-0.15, -0.1) is 0 Å². The van der Waals surface area contributed by atoms with Gasteiger partial charge >= 0.3 is 5.82 Å². The molecule has 0 unspecified atom stereocenters. The molecule has 1 aromatic carbocycles. The minimum absolute atomic E-state index is 0.218. The Morgan fingerprint density at radius 2 is 2.09 bits per heavy atom. The molecule has 0 amide bonds. The molecular formula is C14H11BrN4O3. The second-order valence-corrected chi connectivity index (χ2v) is 5.50. The van der Waals surface area contributed by atoms with Gasteiger partial charge in [0.15, 0.2) is 0 Å². The number of halogens is 1. The van der Waals surface area contributed by atoms with Crippen LogP contribution in [0.2, 0.25) is 0 Å². The Morgan fingerprint density at radius 3 is 2.73 bits per heavy atom. The molecule has 22 heavy (non-hydrogen) atoms. The molecule has 0 bridgehead atoms. The molecule has 0 saturated heterocycles. The van der Waals surface area contributed by atoms with Crippen LogP contribution in [-0.2, 0) is 6.54 Å². The number of nitro groups is 1. The molecule has 3 rings (SSSR count). The lowest BCUT2D eigenvalue weighted by Crippen LogP contribution is -2.02. The molecule has 0 spiro atoms. The summed E-state index contributed by atoms with van der Waals surface area (Å²) in [5.74, 6) is 0.964. The third kappa shape index (κ3) is 2.77.